The molecule has 156 valence electrons. The molecule has 0 unspecified atom stereocenters. The van der Waals surface area contributed by atoms with Gasteiger partial charge in [0, 0.05) is 18.3 Å². The first-order valence-corrected chi connectivity index (χ1v) is 9.49. The number of methoxy groups -OCH3 is 1. The van der Waals surface area contributed by atoms with Gasteiger partial charge in [-0.1, -0.05) is 12.1 Å². The molecule has 0 radical (unpaired) electrons. The van der Waals surface area contributed by atoms with E-state index < -0.39 is 6.03 Å². The average Bonchev–Trinajstić information content (AvgIpc) is 3.10. The molecule has 3 rings (SSSR count). The van der Waals surface area contributed by atoms with Crippen molar-refractivity contribution >= 4 is 23.6 Å². The third-order valence-corrected chi connectivity index (χ3v) is 4.46. The lowest BCUT2D eigenvalue weighted by Gasteiger charge is -2.10. The number of carbonyl (C=O) groups is 2. The van der Waals surface area contributed by atoms with E-state index in [1.54, 1.807) is 49.1 Å². The fourth-order valence-corrected chi connectivity index (χ4v) is 2.90. The van der Waals surface area contributed by atoms with Crippen LogP contribution < -0.4 is 15.4 Å². The Balaban J connectivity index is 1.61. The second-order valence-electron chi connectivity index (χ2n) is 6.51. The topological polar surface area (TPSA) is 94.5 Å². The van der Waals surface area contributed by atoms with Crippen molar-refractivity contribution in [2.24, 2.45) is 7.05 Å². The van der Waals surface area contributed by atoms with Gasteiger partial charge in [-0.25, -0.2) is 9.78 Å². The number of esters is 1. The van der Waals surface area contributed by atoms with Crippen LogP contribution in [-0.2, 0) is 23.0 Å². The highest BCUT2D eigenvalue weighted by Crippen LogP contribution is 2.24. The molecule has 0 saturated heterocycles. The molecule has 1 heterocycles. The van der Waals surface area contributed by atoms with E-state index in [1.165, 1.54) is 0 Å². The summed E-state index contributed by atoms with van der Waals surface area (Å²) < 4.78 is 11.9. The number of anilines is 2. The number of carbonyl (C=O) groups excluding carboxylic acids is 2. The number of nitrogens with one attached hydrogen (secondary N) is 2. The molecular formula is C22H24N4O4. The Labute approximate surface area is 174 Å². The SMILES string of the molecule is CCOC(=O)Cc1ccc(NC(=O)Nc2ncc(-c3ccc(OC)cc3)n2C)cc1. The number of aromatic nitrogens is 2. The maximum atomic E-state index is 12.3. The van der Waals surface area contributed by atoms with Crippen LogP contribution in [0.1, 0.15) is 12.5 Å². The first kappa shape index (κ1) is 20.9. The number of nitrogens with zero attached hydrogens (tertiary/aromatic N) is 2. The quantitative estimate of drug-likeness (QED) is 0.579. The zero-order valence-corrected chi connectivity index (χ0v) is 17.1. The zero-order valence-electron chi connectivity index (χ0n) is 17.1. The van der Waals surface area contributed by atoms with Crippen LogP contribution in [0, 0.1) is 0 Å². The summed E-state index contributed by atoms with van der Waals surface area (Å²) in [6.45, 7) is 2.12. The number of amides is 2. The molecule has 2 N–H and O–H groups in total. The second-order valence-corrected chi connectivity index (χ2v) is 6.51. The predicted molar refractivity (Wildman–Crippen MR) is 115 cm³/mol. The van der Waals surface area contributed by atoms with Gasteiger partial charge < -0.3 is 19.4 Å². The minimum absolute atomic E-state index is 0.196. The molecule has 0 aliphatic heterocycles. The van der Waals surface area contributed by atoms with Gasteiger partial charge in [0.05, 0.1) is 32.0 Å². The highest BCUT2D eigenvalue weighted by Gasteiger charge is 2.12. The zero-order chi connectivity index (χ0) is 21.5. The molecule has 0 saturated carbocycles. The summed E-state index contributed by atoms with van der Waals surface area (Å²) in [5.41, 5.74) is 3.23. The summed E-state index contributed by atoms with van der Waals surface area (Å²) in [6.07, 6.45) is 1.89. The first-order valence-electron chi connectivity index (χ1n) is 9.49. The van der Waals surface area contributed by atoms with Crippen LogP contribution >= 0.6 is 0 Å². The monoisotopic (exact) mass is 408 g/mol. The Kier molecular flexibility index (Phi) is 6.69. The molecule has 0 aliphatic carbocycles. The molecule has 30 heavy (non-hydrogen) atoms. The Hall–Kier alpha value is -3.81. The molecule has 8 nitrogen and oxygen atoms in total. The van der Waals surface area contributed by atoms with Gasteiger partial charge >= 0.3 is 12.0 Å². The van der Waals surface area contributed by atoms with Gasteiger partial charge in [-0.15, -0.1) is 0 Å². The smallest absolute Gasteiger partial charge is 0.326 e. The van der Waals surface area contributed by atoms with Crippen LogP contribution in [0.3, 0.4) is 0 Å². The standard InChI is InChI=1S/C22H24N4O4/c1-4-30-20(27)13-15-5-9-17(10-6-15)24-22(28)25-21-23-14-19(26(21)2)16-7-11-18(29-3)12-8-16/h5-12,14H,4,13H2,1-3H3,(H2,23,24,25,28). The van der Waals surface area contributed by atoms with Crippen LogP contribution in [-0.4, -0.2) is 35.3 Å². The summed E-state index contributed by atoms with van der Waals surface area (Å²) in [7, 11) is 3.44. The molecular weight excluding hydrogens is 384 g/mol. The van der Waals surface area contributed by atoms with Crippen LogP contribution in [0.4, 0.5) is 16.4 Å². The lowest BCUT2D eigenvalue weighted by Crippen LogP contribution is -2.21. The Morgan fingerprint density at radius 3 is 2.37 bits per heavy atom. The lowest BCUT2D eigenvalue weighted by molar-refractivity contribution is -0.142. The van der Waals surface area contributed by atoms with Crippen LogP contribution in [0.5, 0.6) is 5.75 Å². The minimum Gasteiger partial charge on any atom is -0.497 e. The van der Waals surface area contributed by atoms with Gasteiger partial charge in [0.2, 0.25) is 5.95 Å². The number of hydrogen-bond acceptors (Lipinski definition) is 5. The van der Waals surface area contributed by atoms with Gasteiger partial charge in [0.25, 0.3) is 0 Å². The molecule has 1 aromatic heterocycles. The van der Waals surface area contributed by atoms with E-state index in [9.17, 15) is 9.59 Å². The van der Waals surface area contributed by atoms with E-state index in [4.69, 9.17) is 9.47 Å². The van der Waals surface area contributed by atoms with E-state index in [0.29, 0.717) is 18.2 Å². The van der Waals surface area contributed by atoms with Crippen molar-refractivity contribution in [3.8, 4) is 17.0 Å². The van der Waals surface area contributed by atoms with Crippen molar-refractivity contribution in [1.29, 1.82) is 0 Å². The van der Waals surface area contributed by atoms with Crippen molar-refractivity contribution in [2.45, 2.75) is 13.3 Å². The molecule has 0 fully saturated rings. The van der Waals surface area contributed by atoms with Gasteiger partial charge in [-0.05, 0) is 48.9 Å². The number of ether oxygens (including phenoxy) is 2. The Morgan fingerprint density at radius 2 is 1.73 bits per heavy atom. The van der Waals surface area contributed by atoms with Gasteiger partial charge in [0.15, 0.2) is 0 Å². The molecule has 3 aromatic rings. The number of benzene rings is 2. The van der Waals surface area contributed by atoms with Crippen molar-refractivity contribution < 1.29 is 19.1 Å². The van der Waals surface area contributed by atoms with E-state index in [2.05, 4.69) is 15.6 Å². The molecule has 8 heteroatoms. The predicted octanol–water partition coefficient (Wildman–Crippen LogP) is 3.85. The normalized spacial score (nSPS) is 10.4. The maximum Gasteiger partial charge on any atom is 0.326 e. The van der Waals surface area contributed by atoms with Crippen molar-refractivity contribution in [2.75, 3.05) is 24.4 Å². The third-order valence-electron chi connectivity index (χ3n) is 4.46. The third kappa shape index (κ3) is 5.16. The summed E-state index contributed by atoms with van der Waals surface area (Å²) in [4.78, 5) is 28.2. The molecule has 0 atom stereocenters. The van der Waals surface area contributed by atoms with Crippen LogP contribution in [0.15, 0.2) is 54.7 Å². The van der Waals surface area contributed by atoms with Crippen LogP contribution in [0.25, 0.3) is 11.3 Å². The number of imidazole rings is 1. The van der Waals surface area contributed by atoms with E-state index in [-0.39, 0.29) is 12.4 Å². The summed E-state index contributed by atoms with van der Waals surface area (Å²) >= 11 is 0. The maximum absolute atomic E-state index is 12.3. The van der Waals surface area contributed by atoms with Gasteiger partial charge in [-0.3, -0.25) is 10.1 Å². The number of rotatable bonds is 7. The molecule has 2 aromatic carbocycles. The second kappa shape index (κ2) is 9.60. The minimum atomic E-state index is -0.414. The van der Waals surface area contributed by atoms with Crippen molar-refractivity contribution in [3.05, 3.63) is 60.3 Å². The van der Waals surface area contributed by atoms with E-state index in [1.807, 2.05) is 31.3 Å². The number of urea groups is 1. The van der Waals surface area contributed by atoms with Crippen molar-refractivity contribution in [3.63, 3.8) is 0 Å². The van der Waals surface area contributed by atoms with Crippen molar-refractivity contribution in [1.82, 2.24) is 9.55 Å². The number of hydrogen-bond donors (Lipinski definition) is 2. The molecule has 0 spiro atoms. The van der Waals surface area contributed by atoms with Crippen LogP contribution in [0.2, 0.25) is 0 Å². The fraction of sp³-hybridized carbons (Fsp3) is 0.227. The fourth-order valence-electron chi connectivity index (χ4n) is 2.90. The molecule has 2 amide bonds. The van der Waals surface area contributed by atoms with E-state index >= 15 is 0 Å². The largest absolute Gasteiger partial charge is 0.497 e. The molecule has 0 bridgehead atoms. The Morgan fingerprint density at radius 1 is 1.03 bits per heavy atom. The lowest BCUT2D eigenvalue weighted by atomic mass is 10.1. The Bertz CT molecular complexity index is 1010. The average molecular weight is 408 g/mol. The molecule has 0 aliphatic rings. The summed E-state index contributed by atoms with van der Waals surface area (Å²) in [6, 6.07) is 14.2. The summed E-state index contributed by atoms with van der Waals surface area (Å²) in [5.74, 6) is 0.905. The highest BCUT2D eigenvalue weighted by molar-refractivity contribution is 5.99. The van der Waals surface area contributed by atoms with Gasteiger partial charge in [0.1, 0.15) is 5.75 Å². The van der Waals surface area contributed by atoms with E-state index in [0.717, 1.165) is 22.6 Å². The summed E-state index contributed by atoms with van der Waals surface area (Å²) in [5, 5.41) is 5.49. The first-order chi connectivity index (χ1) is 14.5. The van der Waals surface area contributed by atoms with Gasteiger partial charge in [-0.2, -0.15) is 0 Å². The highest BCUT2D eigenvalue weighted by atomic mass is 16.5.